The number of fused-ring (bicyclic) bond motifs is 1. The van der Waals surface area contributed by atoms with Crippen LogP contribution in [0.25, 0.3) is 22.2 Å². The quantitative estimate of drug-likeness (QED) is 0.0929. The number of likely N-dealkylation sites (tertiary alicyclic amines) is 1. The van der Waals surface area contributed by atoms with Crippen molar-refractivity contribution in [1.29, 1.82) is 0 Å². The number of hydrogen-bond acceptors (Lipinski definition) is 10. The van der Waals surface area contributed by atoms with Gasteiger partial charge in [-0.2, -0.15) is 0 Å². The maximum Gasteiger partial charge on any atom is 0.320 e. The number of nitrogens with zero attached hydrogens (tertiary/aromatic N) is 2. The van der Waals surface area contributed by atoms with Crippen molar-refractivity contribution in [1.82, 2.24) is 25.2 Å². The van der Waals surface area contributed by atoms with Gasteiger partial charge in [-0.15, -0.1) is 19.4 Å². The average molecular weight is 880 g/mol. The van der Waals surface area contributed by atoms with Gasteiger partial charge in [0, 0.05) is 36.4 Å². The Balaban J connectivity index is 0.00000175. The largest absolute Gasteiger partial charge is 0.497 e. The summed E-state index contributed by atoms with van der Waals surface area (Å²) in [5, 5.41) is 6.28. The number of esters is 1. The first-order valence-corrected chi connectivity index (χ1v) is 21.9. The van der Waals surface area contributed by atoms with Crippen LogP contribution in [0.2, 0.25) is 0 Å². The lowest BCUT2D eigenvalue weighted by molar-refractivity contribution is -0.153. The number of aromatic nitrogens is 1. The summed E-state index contributed by atoms with van der Waals surface area (Å²) in [6.45, 7) is 28.4. The number of benzene rings is 2. The first kappa shape index (κ1) is 56.7. The Bertz CT molecular complexity index is 1940. The van der Waals surface area contributed by atoms with Gasteiger partial charge in [-0.3, -0.25) is 23.9 Å². The zero-order valence-electron chi connectivity index (χ0n) is 39.8. The molecule has 4 atom stereocenters. The van der Waals surface area contributed by atoms with Crippen LogP contribution in [0.1, 0.15) is 103 Å². The van der Waals surface area contributed by atoms with E-state index in [2.05, 4.69) is 55.6 Å². The topological polar surface area (TPSA) is 165 Å². The van der Waals surface area contributed by atoms with E-state index >= 15 is 0 Å². The second kappa shape index (κ2) is 26.9. The van der Waals surface area contributed by atoms with Crippen LogP contribution >= 0.6 is 0 Å². The van der Waals surface area contributed by atoms with Crippen LogP contribution in [0.15, 0.2) is 67.3 Å². The summed E-state index contributed by atoms with van der Waals surface area (Å²) in [6, 6.07) is 16.2. The second-order valence-corrected chi connectivity index (χ2v) is 18.9. The molecular weight excluding hydrogens is 807 g/mol. The number of hydrogen-bond donors (Lipinski definition) is 3. The molecule has 14 heteroatoms. The van der Waals surface area contributed by atoms with E-state index in [1.807, 2.05) is 89.2 Å². The lowest BCUT2D eigenvalue weighted by Gasteiger charge is -2.32. The van der Waals surface area contributed by atoms with Crippen molar-refractivity contribution in [2.75, 3.05) is 27.2 Å². The van der Waals surface area contributed by atoms with Crippen molar-refractivity contribution in [3.05, 3.63) is 67.3 Å². The van der Waals surface area contributed by atoms with Gasteiger partial charge in [-0.1, -0.05) is 71.0 Å². The third kappa shape index (κ3) is 19.2. The van der Waals surface area contributed by atoms with Crippen LogP contribution in [-0.4, -0.2) is 93.1 Å². The third-order valence-electron chi connectivity index (χ3n) is 8.25. The molecule has 3 N–H and O–H groups in total. The molecule has 0 radical (unpaired) electrons. The zero-order chi connectivity index (χ0) is 48.0. The third-order valence-corrected chi connectivity index (χ3v) is 9.73. The molecule has 3 aromatic rings. The number of likely N-dealkylation sites (N-methyl/N-ethyl adjacent to an activating group) is 1. The summed E-state index contributed by atoms with van der Waals surface area (Å²) < 4.78 is 31.3. The number of carbonyl (C=O) groups is 4. The van der Waals surface area contributed by atoms with Gasteiger partial charge in [0.15, 0.2) is 0 Å². The van der Waals surface area contributed by atoms with Crippen molar-refractivity contribution in [2.45, 2.75) is 131 Å². The van der Waals surface area contributed by atoms with E-state index in [9.17, 15) is 23.4 Å². The van der Waals surface area contributed by atoms with E-state index in [1.165, 1.54) is 17.9 Å². The molecular formula is C48H73N5O8S. The number of pyridine rings is 1. The number of rotatable bonds is 12. The number of amides is 3. The fourth-order valence-electron chi connectivity index (χ4n) is 5.53. The molecule has 0 spiro atoms. The van der Waals surface area contributed by atoms with Crippen molar-refractivity contribution in [2.24, 2.45) is 5.92 Å². The van der Waals surface area contributed by atoms with E-state index in [4.69, 9.17) is 19.2 Å². The molecule has 4 rings (SSSR count). The van der Waals surface area contributed by atoms with Crippen molar-refractivity contribution in [3.8, 4) is 35.6 Å². The van der Waals surface area contributed by atoms with Gasteiger partial charge in [-0.25, -0.2) is 9.19 Å². The van der Waals surface area contributed by atoms with Crippen LogP contribution in [-0.2, 0) is 34.9 Å². The first-order valence-electron chi connectivity index (χ1n) is 20.8. The summed E-state index contributed by atoms with van der Waals surface area (Å²) in [5.74, 6) is 0.420. The van der Waals surface area contributed by atoms with Gasteiger partial charge in [0.2, 0.25) is 11.8 Å². The van der Waals surface area contributed by atoms with Gasteiger partial charge in [0.1, 0.15) is 45.8 Å². The highest BCUT2D eigenvalue weighted by atomic mass is 32.2. The summed E-state index contributed by atoms with van der Waals surface area (Å²) in [6.07, 6.45) is 9.29. The van der Waals surface area contributed by atoms with Gasteiger partial charge in [0.25, 0.3) is 5.91 Å². The van der Waals surface area contributed by atoms with Gasteiger partial charge in [-0.05, 0) is 80.0 Å². The minimum absolute atomic E-state index is 0.0906. The Morgan fingerprint density at radius 3 is 2.05 bits per heavy atom. The Morgan fingerprint density at radius 1 is 0.984 bits per heavy atom. The molecule has 2 heterocycles. The smallest absolute Gasteiger partial charge is 0.320 e. The molecule has 62 heavy (non-hydrogen) atoms. The molecule has 1 fully saturated rings. The molecule has 344 valence electrons. The van der Waals surface area contributed by atoms with Crippen LogP contribution in [0, 0.1) is 18.8 Å². The molecule has 0 saturated carbocycles. The summed E-state index contributed by atoms with van der Waals surface area (Å²) in [5.41, 5.74) is 0.481. The minimum atomic E-state index is -1.69. The maximum atomic E-state index is 13.7. The van der Waals surface area contributed by atoms with Crippen LogP contribution in [0.5, 0.6) is 11.5 Å². The number of terminal acetylenes is 1. The maximum absolute atomic E-state index is 13.7. The van der Waals surface area contributed by atoms with E-state index in [-0.39, 0.29) is 43.4 Å². The van der Waals surface area contributed by atoms with Crippen LogP contribution in [0.4, 0.5) is 0 Å². The SMILES string of the molecule is C#C.C=CC[C@](C)(NC(=O)[C@@H]1C[C@@H](Oc2cc(-c3ccccc3)nc3cc(OC)ccc23)CN1C(C)=O)C(=O)NS(=O)C(C)(C)C.CC.CC(C)C.CNCC(=O)OC(C)(C)C. The van der Waals surface area contributed by atoms with E-state index in [0.29, 0.717) is 22.7 Å². The lowest BCUT2D eigenvalue weighted by atomic mass is 9.96. The fraction of sp³-hybridized carbons (Fsp3) is 0.521. The Labute approximate surface area is 374 Å². The summed E-state index contributed by atoms with van der Waals surface area (Å²) in [4.78, 5) is 56.6. The molecule has 0 bridgehead atoms. The minimum Gasteiger partial charge on any atom is -0.497 e. The fourth-order valence-corrected chi connectivity index (χ4v) is 6.23. The first-order chi connectivity index (χ1) is 28.9. The Kier molecular flexibility index (Phi) is 24.7. The standard InChI is InChI=1S/C33H40N4O6S.C7H15NO2.C4H10.C2H6.C2H2/c1-8-16-33(6,31(40)36-44(41)32(3,4)5)35-30(39)28-18-24(20-37(28)21(2)38)43-29-19-26(22-12-10-9-11-13-22)34-27-17-23(42-7)14-15-25(27)29;1-7(2,3)10-6(9)5-8-4;1-4(2)3;2*1-2/h8-15,17,19,24,28H,1,16,18,20H2,2-7H3,(H,35,39)(H,36,40);8H,5H2,1-4H3;4H,1-3H3;1-2H3;1-2H/t24-,28+,33+,44?;;;;/m1..../s1. The summed E-state index contributed by atoms with van der Waals surface area (Å²) >= 11 is 0. The summed E-state index contributed by atoms with van der Waals surface area (Å²) in [7, 11) is 1.61. The highest BCUT2D eigenvalue weighted by Crippen LogP contribution is 2.34. The van der Waals surface area contributed by atoms with Crippen LogP contribution < -0.4 is 24.8 Å². The highest BCUT2D eigenvalue weighted by Gasteiger charge is 2.44. The van der Waals surface area contributed by atoms with E-state index in [0.717, 1.165) is 16.9 Å². The molecule has 1 aliphatic heterocycles. The van der Waals surface area contributed by atoms with Gasteiger partial charge < -0.3 is 29.7 Å². The van der Waals surface area contributed by atoms with Gasteiger partial charge >= 0.3 is 5.97 Å². The van der Waals surface area contributed by atoms with E-state index < -0.39 is 45.2 Å². The molecule has 13 nitrogen and oxygen atoms in total. The normalized spacial score (nSPS) is 15.7. The molecule has 0 aliphatic carbocycles. The van der Waals surface area contributed by atoms with Gasteiger partial charge in [0.05, 0.1) is 36.2 Å². The van der Waals surface area contributed by atoms with Crippen molar-refractivity contribution >= 4 is 45.6 Å². The molecule has 2 aromatic carbocycles. The number of nitrogens with one attached hydrogen (secondary N) is 3. The van der Waals surface area contributed by atoms with Crippen molar-refractivity contribution < 1.29 is 37.6 Å². The molecule has 3 amide bonds. The van der Waals surface area contributed by atoms with Crippen LogP contribution in [0.3, 0.4) is 0 Å². The second-order valence-electron chi connectivity index (χ2n) is 16.9. The Hall–Kier alpha value is -5.26. The molecule has 1 unspecified atom stereocenters. The monoisotopic (exact) mass is 880 g/mol. The van der Waals surface area contributed by atoms with E-state index in [1.54, 1.807) is 41.9 Å². The molecule has 1 aromatic heterocycles. The lowest BCUT2D eigenvalue weighted by Crippen LogP contribution is -2.61. The predicted octanol–water partition coefficient (Wildman–Crippen LogP) is 7.79. The number of carbonyl (C=O) groups excluding carboxylic acids is 4. The Morgan fingerprint density at radius 2 is 1.56 bits per heavy atom. The number of methoxy groups -OCH3 is 1. The average Bonchev–Trinajstić information content (AvgIpc) is 3.63. The number of ether oxygens (including phenoxy) is 3. The molecule has 1 aliphatic rings. The van der Waals surface area contributed by atoms with Crippen molar-refractivity contribution in [3.63, 3.8) is 0 Å². The zero-order valence-corrected chi connectivity index (χ0v) is 40.6. The highest BCUT2D eigenvalue weighted by molar-refractivity contribution is 7.85. The predicted molar refractivity (Wildman–Crippen MR) is 253 cm³/mol. The molecule has 1 saturated heterocycles.